The Balaban J connectivity index is 1.76. The molecule has 0 spiro atoms. The van der Waals surface area contributed by atoms with Crippen molar-refractivity contribution in [1.29, 1.82) is 0 Å². The molecule has 1 unspecified atom stereocenters. The lowest BCUT2D eigenvalue weighted by Gasteiger charge is -2.16. The third kappa shape index (κ3) is 4.93. The number of aryl methyl sites for hydroxylation is 1. The average molecular weight is 416 g/mol. The number of nitrogens with zero attached hydrogens (tertiary/aromatic N) is 4. The maximum atomic E-state index is 13.4. The standard InChI is InChI=1S/C19H18F2N6O3/c1-11(28)23-14-6-7-15(22-10-14)17-18(27(2)26-25-17)24-19(29)30-16(9-20)12-4-3-5-13(21)8-12/h3-8,10,16H,9H2,1-2H3,(H,23,28)(H,24,29). The van der Waals surface area contributed by atoms with Crippen molar-refractivity contribution in [3.8, 4) is 11.4 Å². The molecule has 2 heterocycles. The summed E-state index contributed by atoms with van der Waals surface area (Å²) in [7, 11) is 1.54. The lowest BCUT2D eigenvalue weighted by atomic mass is 10.1. The lowest BCUT2D eigenvalue weighted by molar-refractivity contribution is -0.114. The highest BCUT2D eigenvalue weighted by atomic mass is 19.1. The van der Waals surface area contributed by atoms with Crippen LogP contribution < -0.4 is 10.6 Å². The molecule has 0 fully saturated rings. The van der Waals surface area contributed by atoms with Crippen molar-refractivity contribution in [2.24, 2.45) is 7.05 Å². The van der Waals surface area contributed by atoms with Crippen LogP contribution in [0.2, 0.25) is 0 Å². The number of hydrogen-bond donors (Lipinski definition) is 2. The van der Waals surface area contributed by atoms with Crippen LogP contribution in [-0.4, -0.2) is 38.7 Å². The fraction of sp³-hybridized carbons (Fsp3) is 0.211. The largest absolute Gasteiger partial charge is 0.438 e. The zero-order chi connectivity index (χ0) is 21.7. The van der Waals surface area contributed by atoms with E-state index in [2.05, 4.69) is 25.9 Å². The van der Waals surface area contributed by atoms with Crippen molar-refractivity contribution in [1.82, 2.24) is 20.0 Å². The number of nitrogens with one attached hydrogen (secondary N) is 2. The van der Waals surface area contributed by atoms with Crippen molar-refractivity contribution in [2.75, 3.05) is 17.3 Å². The van der Waals surface area contributed by atoms with Crippen molar-refractivity contribution in [3.05, 3.63) is 54.0 Å². The number of benzene rings is 1. The molecule has 0 aliphatic rings. The minimum Gasteiger partial charge on any atom is -0.438 e. The van der Waals surface area contributed by atoms with Crippen LogP contribution in [0.3, 0.4) is 0 Å². The maximum absolute atomic E-state index is 13.4. The third-order valence-electron chi connectivity index (χ3n) is 3.98. The van der Waals surface area contributed by atoms with Crippen molar-refractivity contribution in [3.63, 3.8) is 0 Å². The average Bonchev–Trinajstić information content (AvgIpc) is 3.06. The number of anilines is 2. The molecule has 2 aromatic heterocycles. The van der Waals surface area contributed by atoms with Gasteiger partial charge in [0.2, 0.25) is 5.91 Å². The van der Waals surface area contributed by atoms with E-state index in [9.17, 15) is 18.4 Å². The Bertz CT molecular complexity index is 1050. The van der Waals surface area contributed by atoms with Gasteiger partial charge in [-0.05, 0) is 29.8 Å². The summed E-state index contributed by atoms with van der Waals surface area (Å²) in [4.78, 5) is 27.6. The van der Waals surface area contributed by atoms with E-state index in [1.54, 1.807) is 12.1 Å². The number of hydrogen-bond acceptors (Lipinski definition) is 6. The number of ether oxygens (including phenoxy) is 1. The topological polar surface area (TPSA) is 111 Å². The molecule has 11 heteroatoms. The van der Waals surface area contributed by atoms with Crippen LogP contribution in [0.15, 0.2) is 42.6 Å². The predicted octanol–water partition coefficient (Wildman–Crippen LogP) is 3.23. The molecule has 0 aliphatic heterocycles. The van der Waals surface area contributed by atoms with Gasteiger partial charge in [0.25, 0.3) is 0 Å². The van der Waals surface area contributed by atoms with Crippen molar-refractivity contribution in [2.45, 2.75) is 13.0 Å². The fourth-order valence-corrected chi connectivity index (χ4v) is 2.63. The normalized spacial score (nSPS) is 11.6. The van der Waals surface area contributed by atoms with Gasteiger partial charge in [0.05, 0.1) is 17.6 Å². The second kappa shape index (κ2) is 9.07. The Kier molecular flexibility index (Phi) is 6.30. The molecule has 30 heavy (non-hydrogen) atoms. The van der Waals surface area contributed by atoms with E-state index in [0.29, 0.717) is 11.4 Å². The summed E-state index contributed by atoms with van der Waals surface area (Å²) in [5.74, 6) is -0.645. The Morgan fingerprint density at radius 2 is 2.03 bits per heavy atom. The molecular weight excluding hydrogens is 398 g/mol. The van der Waals surface area contributed by atoms with Crippen LogP contribution in [0.1, 0.15) is 18.6 Å². The number of halogens is 2. The Morgan fingerprint density at radius 3 is 2.67 bits per heavy atom. The predicted molar refractivity (Wildman–Crippen MR) is 104 cm³/mol. The monoisotopic (exact) mass is 416 g/mol. The van der Waals surface area contributed by atoms with Gasteiger partial charge in [-0.25, -0.2) is 18.3 Å². The Morgan fingerprint density at radius 1 is 1.23 bits per heavy atom. The molecular formula is C19H18F2N6O3. The molecule has 3 aromatic rings. The molecule has 2 N–H and O–H groups in total. The first kappa shape index (κ1) is 20.8. The summed E-state index contributed by atoms with van der Waals surface area (Å²) in [6.07, 6.45) is -0.819. The van der Waals surface area contributed by atoms with Crippen LogP contribution in [-0.2, 0) is 16.6 Å². The van der Waals surface area contributed by atoms with Gasteiger partial charge in [-0.15, -0.1) is 5.10 Å². The first-order valence-corrected chi connectivity index (χ1v) is 8.80. The summed E-state index contributed by atoms with van der Waals surface area (Å²) < 4.78 is 33.1. The number of alkyl halides is 1. The van der Waals surface area contributed by atoms with Gasteiger partial charge in [-0.2, -0.15) is 0 Å². The molecule has 3 rings (SSSR count). The van der Waals surface area contributed by atoms with E-state index >= 15 is 0 Å². The minimum atomic E-state index is -1.28. The van der Waals surface area contributed by atoms with Gasteiger partial charge in [0.1, 0.15) is 12.5 Å². The highest BCUT2D eigenvalue weighted by Crippen LogP contribution is 2.25. The summed E-state index contributed by atoms with van der Waals surface area (Å²) in [6, 6.07) is 8.35. The maximum Gasteiger partial charge on any atom is 0.413 e. The van der Waals surface area contributed by atoms with E-state index < -0.39 is 24.7 Å². The van der Waals surface area contributed by atoms with Crippen LogP contribution in [0.5, 0.6) is 0 Å². The second-order valence-corrected chi connectivity index (χ2v) is 6.25. The first-order chi connectivity index (χ1) is 14.4. The molecule has 2 amide bonds. The van der Waals surface area contributed by atoms with Gasteiger partial charge in [-0.1, -0.05) is 17.3 Å². The number of rotatable bonds is 6. The molecule has 0 bridgehead atoms. The minimum absolute atomic E-state index is 0.164. The van der Waals surface area contributed by atoms with Crippen LogP contribution in [0, 0.1) is 5.82 Å². The van der Waals surface area contributed by atoms with Gasteiger partial charge in [0.15, 0.2) is 17.6 Å². The molecule has 0 saturated heterocycles. The summed E-state index contributed by atoms with van der Waals surface area (Å²) >= 11 is 0. The van der Waals surface area contributed by atoms with Gasteiger partial charge in [-0.3, -0.25) is 15.1 Å². The zero-order valence-electron chi connectivity index (χ0n) is 16.1. The third-order valence-corrected chi connectivity index (χ3v) is 3.98. The second-order valence-electron chi connectivity index (χ2n) is 6.25. The smallest absolute Gasteiger partial charge is 0.413 e. The molecule has 0 radical (unpaired) electrons. The summed E-state index contributed by atoms with van der Waals surface area (Å²) in [5.41, 5.74) is 1.29. The molecule has 1 atom stereocenters. The van der Waals surface area contributed by atoms with Gasteiger partial charge in [0, 0.05) is 14.0 Å². The van der Waals surface area contributed by atoms with E-state index in [1.807, 2.05) is 0 Å². The van der Waals surface area contributed by atoms with Crippen LogP contribution in [0.25, 0.3) is 11.4 Å². The summed E-state index contributed by atoms with van der Waals surface area (Å²) in [6.45, 7) is 0.346. The van der Waals surface area contributed by atoms with Gasteiger partial charge >= 0.3 is 6.09 Å². The summed E-state index contributed by atoms with van der Waals surface area (Å²) in [5, 5.41) is 12.9. The van der Waals surface area contributed by atoms with Crippen LogP contribution in [0.4, 0.5) is 25.1 Å². The molecule has 9 nitrogen and oxygen atoms in total. The van der Waals surface area contributed by atoms with Gasteiger partial charge < -0.3 is 10.1 Å². The van der Waals surface area contributed by atoms with Crippen molar-refractivity contribution >= 4 is 23.5 Å². The van der Waals surface area contributed by atoms with E-state index in [0.717, 1.165) is 6.07 Å². The van der Waals surface area contributed by atoms with E-state index in [1.165, 1.54) is 43.0 Å². The quantitative estimate of drug-likeness (QED) is 0.638. The Hall–Kier alpha value is -3.89. The molecule has 0 saturated carbocycles. The number of amides is 2. The number of pyridine rings is 1. The zero-order valence-corrected chi connectivity index (χ0v) is 16.1. The highest BCUT2D eigenvalue weighted by molar-refractivity contribution is 5.89. The molecule has 0 aliphatic carbocycles. The van der Waals surface area contributed by atoms with Crippen molar-refractivity contribution < 1.29 is 23.1 Å². The SMILES string of the molecule is CC(=O)Nc1ccc(-c2nnn(C)c2NC(=O)OC(CF)c2cccc(F)c2)nc1. The van der Waals surface area contributed by atoms with Crippen LogP contribution >= 0.6 is 0 Å². The number of aromatic nitrogens is 4. The Labute approximate surface area is 170 Å². The number of carbonyl (C=O) groups excluding carboxylic acids is 2. The highest BCUT2D eigenvalue weighted by Gasteiger charge is 2.21. The fourth-order valence-electron chi connectivity index (χ4n) is 2.63. The van der Waals surface area contributed by atoms with E-state index in [4.69, 9.17) is 4.74 Å². The molecule has 1 aromatic carbocycles. The first-order valence-electron chi connectivity index (χ1n) is 8.80. The van der Waals surface area contributed by atoms with E-state index in [-0.39, 0.29) is 23.0 Å². The molecule has 156 valence electrons. The lowest BCUT2D eigenvalue weighted by Crippen LogP contribution is -2.20. The number of carbonyl (C=O) groups is 2.